The minimum atomic E-state index is -1.18. The molecule has 0 saturated carbocycles. The number of rotatable bonds is 6. The number of amides is 1. The fraction of sp³-hybridized carbons (Fsp3) is 0.267. The van der Waals surface area contributed by atoms with Gasteiger partial charge >= 0.3 is 5.97 Å². The summed E-state index contributed by atoms with van der Waals surface area (Å²) in [5, 5.41) is 17.1. The number of aromatic nitrogens is 1. The molecule has 0 saturated heterocycles. The molecule has 1 amide bonds. The van der Waals surface area contributed by atoms with E-state index in [0.717, 1.165) is 0 Å². The second kappa shape index (κ2) is 7.79. The topological polar surface area (TPSA) is 125 Å². The van der Waals surface area contributed by atoms with Gasteiger partial charge in [0.1, 0.15) is 11.3 Å². The maximum atomic E-state index is 12.3. The zero-order chi connectivity index (χ0) is 18.6. The summed E-state index contributed by atoms with van der Waals surface area (Å²) < 4.78 is 9.86. The largest absolute Gasteiger partial charge is 0.449 e. The second-order valence-electron chi connectivity index (χ2n) is 5.00. The van der Waals surface area contributed by atoms with Gasteiger partial charge in [-0.2, -0.15) is 0 Å². The van der Waals surface area contributed by atoms with Crippen LogP contribution >= 0.6 is 11.8 Å². The molecule has 0 aliphatic rings. The summed E-state index contributed by atoms with van der Waals surface area (Å²) in [6.45, 7) is 3.01. The first-order valence-corrected chi connectivity index (χ1v) is 8.32. The number of hydrogen-bond donors (Lipinski definition) is 1. The maximum Gasteiger partial charge on any atom is 0.345 e. The monoisotopic (exact) mass is 365 g/mol. The molecule has 1 aromatic heterocycles. The van der Waals surface area contributed by atoms with Gasteiger partial charge in [0, 0.05) is 17.0 Å². The molecule has 0 spiro atoms. The van der Waals surface area contributed by atoms with Gasteiger partial charge in [-0.15, -0.1) is 11.8 Å². The number of nitrogens with zero attached hydrogens (tertiary/aromatic N) is 2. The van der Waals surface area contributed by atoms with Gasteiger partial charge in [0.25, 0.3) is 11.6 Å². The fourth-order valence-electron chi connectivity index (χ4n) is 1.90. The van der Waals surface area contributed by atoms with Crippen LogP contribution in [-0.4, -0.2) is 34.3 Å². The molecular formula is C15H15N3O6S. The molecular weight excluding hydrogens is 350 g/mol. The van der Waals surface area contributed by atoms with Crippen LogP contribution in [0.1, 0.15) is 23.0 Å². The van der Waals surface area contributed by atoms with E-state index in [1.165, 1.54) is 43.0 Å². The van der Waals surface area contributed by atoms with Crippen molar-refractivity contribution in [2.45, 2.75) is 24.8 Å². The lowest BCUT2D eigenvalue weighted by Crippen LogP contribution is -2.30. The molecule has 1 aromatic carbocycles. The first kappa shape index (κ1) is 18.5. The molecule has 132 valence electrons. The SMILES string of the molecule is CSc1ccc([N+](=O)[O-])c(C(=O)OC(C)C(=O)Nc2cc(C)on2)c1. The number of hydrogen-bond acceptors (Lipinski definition) is 8. The highest BCUT2D eigenvalue weighted by atomic mass is 32.2. The number of nitro benzene ring substituents is 1. The van der Waals surface area contributed by atoms with E-state index in [1.807, 2.05) is 0 Å². The van der Waals surface area contributed by atoms with Crippen molar-refractivity contribution in [2.24, 2.45) is 0 Å². The summed E-state index contributed by atoms with van der Waals surface area (Å²) in [6.07, 6.45) is 0.591. The number of carbonyl (C=O) groups excluding carboxylic acids is 2. The number of ether oxygens (including phenoxy) is 1. The Morgan fingerprint density at radius 2 is 2.12 bits per heavy atom. The van der Waals surface area contributed by atoms with E-state index < -0.39 is 22.9 Å². The highest BCUT2D eigenvalue weighted by Crippen LogP contribution is 2.25. The van der Waals surface area contributed by atoms with Crippen molar-refractivity contribution in [3.63, 3.8) is 0 Å². The van der Waals surface area contributed by atoms with Gasteiger partial charge in [-0.05, 0) is 32.2 Å². The summed E-state index contributed by atoms with van der Waals surface area (Å²) in [6, 6.07) is 5.62. The molecule has 0 radical (unpaired) electrons. The number of nitro groups is 1. The normalized spacial score (nSPS) is 11.6. The van der Waals surface area contributed by atoms with Crippen LogP contribution in [-0.2, 0) is 9.53 Å². The van der Waals surface area contributed by atoms with Crippen molar-refractivity contribution < 1.29 is 23.8 Å². The summed E-state index contributed by atoms with van der Waals surface area (Å²) in [4.78, 5) is 35.3. The van der Waals surface area contributed by atoms with Gasteiger partial charge < -0.3 is 14.6 Å². The Balaban J connectivity index is 2.12. The van der Waals surface area contributed by atoms with E-state index >= 15 is 0 Å². The minimum absolute atomic E-state index is 0.181. The molecule has 0 aliphatic heterocycles. The Morgan fingerprint density at radius 1 is 1.40 bits per heavy atom. The summed E-state index contributed by atoms with van der Waals surface area (Å²) in [5.74, 6) is -0.905. The highest BCUT2D eigenvalue weighted by molar-refractivity contribution is 7.98. The van der Waals surface area contributed by atoms with Crippen molar-refractivity contribution in [3.05, 3.63) is 45.7 Å². The van der Waals surface area contributed by atoms with Crippen LogP contribution < -0.4 is 5.32 Å². The van der Waals surface area contributed by atoms with Crippen molar-refractivity contribution >= 4 is 35.1 Å². The lowest BCUT2D eigenvalue weighted by Gasteiger charge is -2.12. The first-order valence-electron chi connectivity index (χ1n) is 7.09. The predicted molar refractivity (Wildman–Crippen MR) is 89.6 cm³/mol. The van der Waals surface area contributed by atoms with Crippen molar-refractivity contribution in [1.82, 2.24) is 5.16 Å². The predicted octanol–water partition coefficient (Wildman–Crippen LogP) is 2.80. The quantitative estimate of drug-likeness (QED) is 0.358. The van der Waals surface area contributed by atoms with Crippen LogP contribution in [0.25, 0.3) is 0 Å². The molecule has 25 heavy (non-hydrogen) atoms. The summed E-state index contributed by atoms with van der Waals surface area (Å²) in [5.41, 5.74) is -0.601. The third-order valence-electron chi connectivity index (χ3n) is 3.15. The number of esters is 1. The number of carbonyl (C=O) groups is 2. The van der Waals surface area contributed by atoms with Crippen LogP contribution in [0, 0.1) is 17.0 Å². The Kier molecular flexibility index (Phi) is 5.75. The van der Waals surface area contributed by atoms with Gasteiger partial charge in [0.05, 0.1) is 4.92 Å². The number of nitrogens with one attached hydrogen (secondary N) is 1. The lowest BCUT2D eigenvalue weighted by atomic mass is 10.2. The van der Waals surface area contributed by atoms with Gasteiger partial charge in [-0.25, -0.2) is 4.79 Å². The molecule has 0 bridgehead atoms. The average Bonchev–Trinajstić information content (AvgIpc) is 2.98. The molecule has 1 heterocycles. The van der Waals surface area contributed by atoms with Crippen LogP contribution in [0.4, 0.5) is 11.5 Å². The maximum absolute atomic E-state index is 12.3. The third-order valence-corrected chi connectivity index (χ3v) is 3.88. The fourth-order valence-corrected chi connectivity index (χ4v) is 2.34. The van der Waals surface area contributed by atoms with Gasteiger partial charge in [0.15, 0.2) is 11.9 Å². The Morgan fingerprint density at radius 3 is 2.68 bits per heavy atom. The Labute approximate surface area is 146 Å². The van der Waals surface area contributed by atoms with E-state index in [1.54, 1.807) is 13.2 Å². The molecule has 2 rings (SSSR count). The summed E-state index contributed by atoms with van der Waals surface area (Å²) in [7, 11) is 0. The molecule has 1 atom stereocenters. The number of anilines is 1. The van der Waals surface area contributed by atoms with E-state index in [0.29, 0.717) is 10.7 Å². The van der Waals surface area contributed by atoms with E-state index in [-0.39, 0.29) is 17.1 Å². The number of benzene rings is 1. The molecule has 1 N–H and O–H groups in total. The molecule has 10 heteroatoms. The van der Waals surface area contributed by atoms with Crippen LogP contribution in [0.3, 0.4) is 0 Å². The smallest absolute Gasteiger partial charge is 0.345 e. The Hall–Kier alpha value is -2.88. The average molecular weight is 365 g/mol. The molecule has 1 unspecified atom stereocenters. The number of thioether (sulfide) groups is 1. The van der Waals surface area contributed by atoms with Crippen LogP contribution in [0.15, 0.2) is 33.7 Å². The Bertz CT molecular complexity index is 819. The zero-order valence-corrected chi connectivity index (χ0v) is 14.5. The standard InChI is InChI=1S/C15H15N3O6S/c1-8-6-13(17-24-8)16-14(19)9(2)23-15(20)11-7-10(25-3)4-5-12(11)18(21)22/h4-7,9H,1-3H3,(H,16,17,19). The lowest BCUT2D eigenvalue weighted by molar-refractivity contribution is -0.385. The van der Waals surface area contributed by atoms with Crippen molar-refractivity contribution in [3.8, 4) is 0 Å². The van der Waals surface area contributed by atoms with Gasteiger partial charge in [-0.3, -0.25) is 14.9 Å². The van der Waals surface area contributed by atoms with Crippen molar-refractivity contribution in [2.75, 3.05) is 11.6 Å². The summed E-state index contributed by atoms with van der Waals surface area (Å²) >= 11 is 1.32. The molecule has 9 nitrogen and oxygen atoms in total. The van der Waals surface area contributed by atoms with E-state index in [9.17, 15) is 19.7 Å². The third kappa shape index (κ3) is 4.57. The van der Waals surface area contributed by atoms with E-state index in [2.05, 4.69) is 10.5 Å². The first-order chi connectivity index (χ1) is 11.8. The van der Waals surface area contributed by atoms with Gasteiger partial charge in [-0.1, -0.05) is 5.16 Å². The molecule has 2 aromatic rings. The minimum Gasteiger partial charge on any atom is -0.449 e. The highest BCUT2D eigenvalue weighted by Gasteiger charge is 2.26. The second-order valence-corrected chi connectivity index (χ2v) is 5.88. The zero-order valence-electron chi connectivity index (χ0n) is 13.6. The van der Waals surface area contributed by atoms with Crippen LogP contribution in [0.5, 0.6) is 0 Å². The van der Waals surface area contributed by atoms with Crippen molar-refractivity contribution in [1.29, 1.82) is 0 Å². The van der Waals surface area contributed by atoms with E-state index in [4.69, 9.17) is 9.26 Å². The molecule has 0 fully saturated rings. The van der Waals surface area contributed by atoms with Crippen LogP contribution in [0.2, 0.25) is 0 Å². The van der Waals surface area contributed by atoms with Gasteiger partial charge in [0.2, 0.25) is 0 Å². The number of aryl methyl sites for hydroxylation is 1. The molecule has 0 aliphatic carbocycles.